The van der Waals surface area contributed by atoms with Crippen molar-refractivity contribution in [2.45, 2.75) is 26.8 Å². The van der Waals surface area contributed by atoms with Gasteiger partial charge in [-0.3, -0.25) is 9.48 Å². The van der Waals surface area contributed by atoms with Gasteiger partial charge >= 0.3 is 0 Å². The molecule has 84 valence electrons. The summed E-state index contributed by atoms with van der Waals surface area (Å²) in [6, 6.07) is -0.259. The summed E-state index contributed by atoms with van der Waals surface area (Å²) >= 11 is 3.45. The van der Waals surface area contributed by atoms with Gasteiger partial charge in [0.2, 0.25) is 5.91 Å². The SMILES string of the molecule is Cc1nn([C@@H](C)C(=O)N(C)C)c(C)c1Br. The van der Waals surface area contributed by atoms with Crippen LogP contribution in [0.15, 0.2) is 4.47 Å². The Hall–Kier alpha value is -0.840. The Morgan fingerprint density at radius 1 is 1.47 bits per heavy atom. The molecule has 15 heavy (non-hydrogen) atoms. The Morgan fingerprint density at radius 3 is 2.33 bits per heavy atom. The Balaban J connectivity index is 3.06. The van der Waals surface area contributed by atoms with Gasteiger partial charge < -0.3 is 4.90 Å². The first-order chi connectivity index (χ1) is 6.86. The van der Waals surface area contributed by atoms with E-state index >= 15 is 0 Å². The largest absolute Gasteiger partial charge is 0.347 e. The zero-order valence-electron chi connectivity index (χ0n) is 9.71. The van der Waals surface area contributed by atoms with Gasteiger partial charge in [0.25, 0.3) is 0 Å². The lowest BCUT2D eigenvalue weighted by molar-refractivity contribution is -0.132. The lowest BCUT2D eigenvalue weighted by Crippen LogP contribution is -2.30. The van der Waals surface area contributed by atoms with Gasteiger partial charge in [-0.25, -0.2) is 0 Å². The van der Waals surface area contributed by atoms with E-state index in [0.717, 1.165) is 15.9 Å². The second-order valence-corrected chi connectivity index (χ2v) is 4.63. The molecule has 0 aliphatic rings. The highest BCUT2D eigenvalue weighted by Crippen LogP contribution is 2.23. The average molecular weight is 274 g/mol. The van der Waals surface area contributed by atoms with E-state index in [1.54, 1.807) is 23.7 Å². The van der Waals surface area contributed by atoms with Gasteiger partial charge in [0.15, 0.2) is 0 Å². The van der Waals surface area contributed by atoms with Crippen molar-refractivity contribution in [2.24, 2.45) is 0 Å². The normalized spacial score (nSPS) is 12.7. The van der Waals surface area contributed by atoms with E-state index in [4.69, 9.17) is 0 Å². The molecule has 0 unspecified atom stereocenters. The lowest BCUT2D eigenvalue weighted by atomic mass is 10.3. The number of halogens is 1. The fourth-order valence-corrected chi connectivity index (χ4v) is 1.76. The van der Waals surface area contributed by atoms with Crippen LogP contribution >= 0.6 is 15.9 Å². The summed E-state index contributed by atoms with van der Waals surface area (Å²) in [5, 5.41) is 4.34. The van der Waals surface area contributed by atoms with E-state index in [9.17, 15) is 4.79 Å². The van der Waals surface area contributed by atoms with Crippen LogP contribution in [0.25, 0.3) is 0 Å². The predicted molar refractivity (Wildman–Crippen MR) is 62.8 cm³/mol. The van der Waals surface area contributed by atoms with Crippen LogP contribution in [0.5, 0.6) is 0 Å². The highest BCUT2D eigenvalue weighted by Gasteiger charge is 2.21. The van der Waals surface area contributed by atoms with E-state index in [2.05, 4.69) is 21.0 Å². The second-order valence-electron chi connectivity index (χ2n) is 3.84. The van der Waals surface area contributed by atoms with E-state index < -0.39 is 0 Å². The van der Waals surface area contributed by atoms with E-state index in [0.29, 0.717) is 0 Å². The second kappa shape index (κ2) is 4.35. The summed E-state index contributed by atoms with van der Waals surface area (Å²) in [5.41, 5.74) is 1.89. The standard InChI is InChI=1S/C10H16BrN3O/c1-6-9(11)7(2)14(12-6)8(3)10(15)13(4)5/h8H,1-5H3/t8-/m0/s1. The molecule has 0 aliphatic heterocycles. The molecule has 5 heteroatoms. The molecule has 0 radical (unpaired) electrons. The number of hydrogen-bond acceptors (Lipinski definition) is 2. The smallest absolute Gasteiger partial charge is 0.246 e. The number of nitrogens with zero attached hydrogens (tertiary/aromatic N) is 3. The molecule has 0 N–H and O–H groups in total. The molecule has 1 rings (SSSR count). The summed E-state index contributed by atoms with van der Waals surface area (Å²) < 4.78 is 2.72. The zero-order chi connectivity index (χ0) is 11.7. The van der Waals surface area contributed by atoms with Crippen molar-refractivity contribution in [3.8, 4) is 0 Å². The number of aryl methyl sites for hydroxylation is 1. The van der Waals surface area contributed by atoms with Crippen LogP contribution in [0.2, 0.25) is 0 Å². The monoisotopic (exact) mass is 273 g/mol. The van der Waals surface area contributed by atoms with Crippen LogP contribution in [0.1, 0.15) is 24.4 Å². The van der Waals surface area contributed by atoms with Gasteiger partial charge in [-0.05, 0) is 36.7 Å². The minimum atomic E-state index is -0.259. The van der Waals surface area contributed by atoms with Crippen LogP contribution < -0.4 is 0 Å². The first-order valence-corrected chi connectivity index (χ1v) is 5.58. The summed E-state index contributed by atoms with van der Waals surface area (Å²) in [6.45, 7) is 5.72. The molecule has 1 atom stereocenters. The molecule has 0 fully saturated rings. The Bertz CT molecular complexity index is 384. The van der Waals surface area contributed by atoms with Crippen LogP contribution in [-0.4, -0.2) is 34.7 Å². The maximum Gasteiger partial charge on any atom is 0.246 e. The van der Waals surface area contributed by atoms with Crippen molar-refractivity contribution in [3.05, 3.63) is 15.9 Å². The van der Waals surface area contributed by atoms with Gasteiger partial charge in [-0.1, -0.05) is 0 Å². The molecular formula is C10H16BrN3O. The van der Waals surface area contributed by atoms with Crippen molar-refractivity contribution in [3.63, 3.8) is 0 Å². The average Bonchev–Trinajstić information content (AvgIpc) is 2.43. The molecule has 1 aromatic heterocycles. The number of hydrogen-bond donors (Lipinski definition) is 0. The van der Waals surface area contributed by atoms with Gasteiger partial charge in [-0.15, -0.1) is 0 Å². The molecule has 0 saturated heterocycles. The van der Waals surface area contributed by atoms with Crippen LogP contribution in [-0.2, 0) is 4.79 Å². The number of rotatable bonds is 2. The number of amides is 1. The molecule has 0 bridgehead atoms. The first kappa shape index (κ1) is 12.2. The van der Waals surface area contributed by atoms with E-state index in [1.165, 1.54) is 0 Å². The van der Waals surface area contributed by atoms with E-state index in [1.807, 2.05) is 20.8 Å². The molecule has 0 spiro atoms. The predicted octanol–water partition coefficient (Wildman–Crippen LogP) is 1.91. The summed E-state index contributed by atoms with van der Waals surface area (Å²) in [4.78, 5) is 13.3. The van der Waals surface area contributed by atoms with Crippen molar-refractivity contribution in [1.82, 2.24) is 14.7 Å². The zero-order valence-corrected chi connectivity index (χ0v) is 11.3. The molecule has 0 aliphatic carbocycles. The van der Waals surface area contributed by atoms with Crippen LogP contribution in [0.4, 0.5) is 0 Å². The summed E-state index contributed by atoms with van der Waals surface area (Å²) in [5.74, 6) is 0.0492. The summed E-state index contributed by atoms with van der Waals surface area (Å²) in [6.07, 6.45) is 0. The number of carbonyl (C=O) groups excluding carboxylic acids is 1. The Morgan fingerprint density at radius 2 is 2.00 bits per heavy atom. The fraction of sp³-hybridized carbons (Fsp3) is 0.600. The molecule has 0 saturated carbocycles. The first-order valence-electron chi connectivity index (χ1n) is 4.78. The maximum atomic E-state index is 11.8. The van der Waals surface area contributed by atoms with Crippen molar-refractivity contribution in [1.29, 1.82) is 0 Å². The quantitative estimate of drug-likeness (QED) is 0.826. The van der Waals surface area contributed by atoms with Crippen LogP contribution in [0.3, 0.4) is 0 Å². The highest BCUT2D eigenvalue weighted by molar-refractivity contribution is 9.10. The third-order valence-electron chi connectivity index (χ3n) is 2.40. The molecule has 0 aromatic carbocycles. The maximum absolute atomic E-state index is 11.8. The summed E-state index contributed by atoms with van der Waals surface area (Å²) in [7, 11) is 3.50. The molecule has 1 aromatic rings. The van der Waals surface area contributed by atoms with Crippen molar-refractivity contribution >= 4 is 21.8 Å². The minimum Gasteiger partial charge on any atom is -0.347 e. The topological polar surface area (TPSA) is 38.1 Å². The van der Waals surface area contributed by atoms with Gasteiger partial charge in [0.05, 0.1) is 15.9 Å². The molecule has 1 amide bonds. The molecule has 1 heterocycles. The van der Waals surface area contributed by atoms with Gasteiger partial charge in [0, 0.05) is 14.1 Å². The number of aromatic nitrogens is 2. The number of carbonyl (C=O) groups is 1. The Labute approximate surface area is 98.4 Å². The third kappa shape index (κ3) is 2.22. The van der Waals surface area contributed by atoms with Gasteiger partial charge in [0.1, 0.15) is 6.04 Å². The minimum absolute atomic E-state index is 0.0492. The van der Waals surface area contributed by atoms with Crippen LogP contribution in [0, 0.1) is 13.8 Å². The number of likely N-dealkylation sites (N-methyl/N-ethyl adjacent to an activating group) is 1. The third-order valence-corrected chi connectivity index (χ3v) is 3.55. The van der Waals surface area contributed by atoms with Crippen molar-refractivity contribution in [2.75, 3.05) is 14.1 Å². The molecular weight excluding hydrogens is 258 g/mol. The lowest BCUT2D eigenvalue weighted by Gasteiger charge is -2.18. The molecule has 4 nitrogen and oxygen atoms in total. The highest BCUT2D eigenvalue weighted by atomic mass is 79.9. The van der Waals surface area contributed by atoms with Gasteiger partial charge in [-0.2, -0.15) is 5.10 Å². The van der Waals surface area contributed by atoms with Crippen molar-refractivity contribution < 1.29 is 4.79 Å². The Kier molecular flexibility index (Phi) is 3.54. The fourth-order valence-electron chi connectivity index (χ4n) is 1.50. The van der Waals surface area contributed by atoms with E-state index in [-0.39, 0.29) is 11.9 Å².